The van der Waals surface area contributed by atoms with Crippen LogP contribution in [0, 0.1) is 10.1 Å². The molecule has 0 spiro atoms. The SMILES string of the molecule is CCOc1cc(N2CCC(N3CCN(S(C)(=O)=O)CC3)CC2)c(CC)cc1[N+](=O)[O-]. The highest BCUT2D eigenvalue weighted by Gasteiger charge is 2.31. The number of hydrogen-bond acceptors (Lipinski definition) is 7. The maximum atomic E-state index is 11.7. The Hall–Kier alpha value is -1.91. The average Bonchev–Trinajstić information content (AvgIpc) is 2.73. The number of aryl methyl sites for hydroxylation is 1. The van der Waals surface area contributed by atoms with Gasteiger partial charge in [-0.25, -0.2) is 8.42 Å². The number of nitro benzene ring substituents is 1. The Labute approximate surface area is 178 Å². The molecule has 0 aliphatic carbocycles. The second-order valence-corrected chi connectivity index (χ2v) is 9.89. The Kier molecular flexibility index (Phi) is 7.20. The van der Waals surface area contributed by atoms with Crippen LogP contribution < -0.4 is 9.64 Å². The largest absolute Gasteiger partial charge is 0.487 e. The molecule has 2 aliphatic heterocycles. The van der Waals surface area contributed by atoms with Gasteiger partial charge in [0.25, 0.3) is 0 Å². The minimum atomic E-state index is -3.11. The molecule has 2 heterocycles. The number of benzene rings is 1. The smallest absolute Gasteiger partial charge is 0.311 e. The molecule has 10 heteroatoms. The molecular formula is C20H32N4O5S. The Morgan fingerprint density at radius 1 is 1.10 bits per heavy atom. The summed E-state index contributed by atoms with van der Waals surface area (Å²) >= 11 is 0. The predicted octanol–water partition coefficient (Wildman–Crippen LogP) is 2.10. The van der Waals surface area contributed by atoms with Crippen molar-refractivity contribution < 1.29 is 18.1 Å². The molecule has 1 aromatic rings. The second-order valence-electron chi connectivity index (χ2n) is 7.91. The van der Waals surface area contributed by atoms with Crippen molar-refractivity contribution in [2.45, 2.75) is 39.2 Å². The normalized spacial score (nSPS) is 19.8. The summed E-state index contributed by atoms with van der Waals surface area (Å²) in [6.07, 6.45) is 3.97. The van der Waals surface area contributed by atoms with Crippen molar-refractivity contribution in [1.29, 1.82) is 0 Å². The fourth-order valence-corrected chi connectivity index (χ4v) is 5.29. The van der Waals surface area contributed by atoms with Crippen molar-refractivity contribution in [3.63, 3.8) is 0 Å². The number of piperidine rings is 1. The van der Waals surface area contributed by atoms with Crippen LogP contribution in [0.15, 0.2) is 12.1 Å². The molecule has 2 saturated heterocycles. The van der Waals surface area contributed by atoms with Gasteiger partial charge in [-0.05, 0) is 31.7 Å². The van der Waals surface area contributed by atoms with Crippen molar-refractivity contribution in [3.8, 4) is 5.75 Å². The summed E-state index contributed by atoms with van der Waals surface area (Å²) in [6.45, 7) is 8.60. The molecule has 3 rings (SSSR count). The van der Waals surface area contributed by atoms with Gasteiger partial charge >= 0.3 is 5.69 Å². The predicted molar refractivity (Wildman–Crippen MR) is 117 cm³/mol. The summed E-state index contributed by atoms with van der Waals surface area (Å²) in [4.78, 5) is 15.7. The highest BCUT2D eigenvalue weighted by Crippen LogP contribution is 2.37. The van der Waals surface area contributed by atoms with E-state index in [1.165, 1.54) is 6.26 Å². The van der Waals surface area contributed by atoms with Crippen LogP contribution in [0.4, 0.5) is 11.4 Å². The zero-order valence-corrected chi connectivity index (χ0v) is 18.9. The number of hydrogen-bond donors (Lipinski definition) is 0. The van der Waals surface area contributed by atoms with Crippen LogP contribution in [-0.4, -0.2) is 80.7 Å². The number of rotatable bonds is 7. The van der Waals surface area contributed by atoms with E-state index in [2.05, 4.69) is 9.80 Å². The summed E-state index contributed by atoms with van der Waals surface area (Å²) < 4.78 is 30.5. The van der Waals surface area contributed by atoms with E-state index in [-0.39, 0.29) is 10.6 Å². The third-order valence-corrected chi connectivity index (χ3v) is 7.40. The second kappa shape index (κ2) is 9.49. The van der Waals surface area contributed by atoms with Crippen LogP contribution >= 0.6 is 0 Å². The van der Waals surface area contributed by atoms with Crippen LogP contribution in [0.25, 0.3) is 0 Å². The number of nitrogens with zero attached hydrogens (tertiary/aromatic N) is 4. The lowest BCUT2D eigenvalue weighted by atomic mass is 9.99. The highest BCUT2D eigenvalue weighted by molar-refractivity contribution is 7.88. The first kappa shape index (κ1) is 22.8. The van der Waals surface area contributed by atoms with Gasteiger partial charge in [-0.2, -0.15) is 4.31 Å². The molecule has 168 valence electrons. The topological polar surface area (TPSA) is 96.2 Å². The summed E-state index contributed by atoms with van der Waals surface area (Å²) in [5.74, 6) is 0.328. The first-order valence-electron chi connectivity index (χ1n) is 10.6. The van der Waals surface area contributed by atoms with Gasteiger partial charge in [0.1, 0.15) is 0 Å². The number of sulfonamides is 1. The van der Waals surface area contributed by atoms with E-state index < -0.39 is 10.0 Å². The van der Waals surface area contributed by atoms with Gasteiger partial charge in [-0.1, -0.05) is 6.92 Å². The number of ether oxygens (including phenoxy) is 1. The molecule has 0 amide bonds. The standard InChI is InChI=1S/C20H32N4O5S/c1-4-16-14-19(24(25)26)20(29-5-2)15-18(16)22-8-6-17(7-9-22)21-10-12-23(13-11-21)30(3,27)28/h14-15,17H,4-13H2,1-3H3. The number of piperazine rings is 1. The number of nitro groups is 1. The fourth-order valence-electron chi connectivity index (χ4n) is 4.46. The Morgan fingerprint density at radius 3 is 2.23 bits per heavy atom. The lowest BCUT2D eigenvalue weighted by Gasteiger charge is -2.43. The van der Waals surface area contributed by atoms with Crippen LogP contribution in [0.3, 0.4) is 0 Å². The summed E-state index contributed by atoms with van der Waals surface area (Å²) in [6, 6.07) is 3.92. The van der Waals surface area contributed by atoms with Crippen LogP contribution in [0.2, 0.25) is 0 Å². The van der Waals surface area contributed by atoms with Gasteiger partial charge in [0, 0.05) is 63.1 Å². The minimum absolute atomic E-state index is 0.0242. The van der Waals surface area contributed by atoms with E-state index in [4.69, 9.17) is 4.74 Å². The summed E-state index contributed by atoms with van der Waals surface area (Å²) in [5, 5.41) is 11.4. The molecule has 0 bridgehead atoms. The van der Waals surface area contributed by atoms with Gasteiger partial charge in [0.05, 0.1) is 17.8 Å². The maximum absolute atomic E-state index is 11.7. The lowest BCUT2D eigenvalue weighted by molar-refractivity contribution is -0.385. The molecule has 9 nitrogen and oxygen atoms in total. The van der Waals surface area contributed by atoms with Crippen LogP contribution in [0.5, 0.6) is 5.75 Å². The molecule has 0 radical (unpaired) electrons. The molecule has 2 aliphatic rings. The van der Waals surface area contributed by atoms with E-state index in [0.29, 0.717) is 31.5 Å². The first-order valence-corrected chi connectivity index (χ1v) is 12.5. The Morgan fingerprint density at radius 2 is 1.73 bits per heavy atom. The van der Waals surface area contributed by atoms with Gasteiger partial charge in [0.2, 0.25) is 10.0 Å². The molecule has 0 saturated carbocycles. The summed E-state index contributed by atoms with van der Waals surface area (Å²) in [7, 11) is -3.11. The van der Waals surface area contributed by atoms with Crippen molar-refractivity contribution in [2.24, 2.45) is 0 Å². The quantitative estimate of drug-likeness (QED) is 0.473. The Bertz CT molecular complexity index is 860. The zero-order valence-electron chi connectivity index (χ0n) is 18.0. The lowest BCUT2D eigenvalue weighted by Crippen LogP contribution is -2.54. The third-order valence-electron chi connectivity index (χ3n) is 6.10. The molecular weight excluding hydrogens is 408 g/mol. The van der Waals surface area contributed by atoms with E-state index in [1.54, 1.807) is 10.4 Å². The van der Waals surface area contributed by atoms with E-state index in [1.807, 2.05) is 19.9 Å². The Balaban J connectivity index is 1.67. The molecule has 2 fully saturated rings. The fraction of sp³-hybridized carbons (Fsp3) is 0.700. The minimum Gasteiger partial charge on any atom is -0.487 e. The molecule has 0 aromatic heterocycles. The van der Waals surface area contributed by atoms with Crippen LogP contribution in [0.1, 0.15) is 32.3 Å². The average molecular weight is 441 g/mol. The van der Waals surface area contributed by atoms with Gasteiger partial charge < -0.3 is 9.64 Å². The van der Waals surface area contributed by atoms with E-state index in [9.17, 15) is 18.5 Å². The van der Waals surface area contributed by atoms with Gasteiger partial charge in [-0.15, -0.1) is 0 Å². The third kappa shape index (κ3) is 5.04. The highest BCUT2D eigenvalue weighted by atomic mass is 32.2. The monoisotopic (exact) mass is 440 g/mol. The van der Waals surface area contributed by atoms with Gasteiger partial charge in [0.15, 0.2) is 5.75 Å². The summed E-state index contributed by atoms with van der Waals surface area (Å²) in [5.41, 5.74) is 2.01. The van der Waals surface area contributed by atoms with E-state index in [0.717, 1.165) is 56.7 Å². The molecule has 0 unspecified atom stereocenters. The number of anilines is 1. The van der Waals surface area contributed by atoms with Crippen molar-refractivity contribution in [1.82, 2.24) is 9.21 Å². The van der Waals surface area contributed by atoms with E-state index >= 15 is 0 Å². The molecule has 30 heavy (non-hydrogen) atoms. The van der Waals surface area contributed by atoms with Crippen molar-refractivity contribution in [2.75, 3.05) is 57.0 Å². The molecule has 1 aromatic carbocycles. The van der Waals surface area contributed by atoms with Crippen LogP contribution in [-0.2, 0) is 16.4 Å². The van der Waals surface area contributed by atoms with Gasteiger partial charge in [-0.3, -0.25) is 15.0 Å². The van der Waals surface area contributed by atoms with Crippen molar-refractivity contribution >= 4 is 21.4 Å². The molecule has 0 atom stereocenters. The zero-order chi connectivity index (χ0) is 21.9. The van der Waals surface area contributed by atoms with Crippen molar-refractivity contribution in [3.05, 3.63) is 27.8 Å². The molecule has 0 N–H and O–H groups in total. The maximum Gasteiger partial charge on any atom is 0.311 e. The first-order chi connectivity index (χ1) is 14.2.